The Labute approximate surface area is 162 Å². The largest absolute Gasteiger partial charge is 0.349 e. The zero-order valence-electron chi connectivity index (χ0n) is 13.3. The molecule has 0 bridgehead atoms. The zero-order valence-corrected chi connectivity index (χ0v) is 15.6. The predicted molar refractivity (Wildman–Crippen MR) is 108 cm³/mol. The second-order valence-electron chi connectivity index (χ2n) is 5.14. The van der Waals surface area contributed by atoms with Gasteiger partial charge in [0.2, 0.25) is 5.91 Å². The van der Waals surface area contributed by atoms with Crippen LogP contribution in [0.5, 0.6) is 0 Å². The van der Waals surface area contributed by atoms with E-state index in [1.54, 1.807) is 36.4 Å². The van der Waals surface area contributed by atoms with Crippen LogP contribution in [-0.2, 0) is 4.79 Å². The van der Waals surface area contributed by atoms with E-state index in [0.717, 1.165) is 16.7 Å². The number of halogens is 3. The van der Waals surface area contributed by atoms with Crippen molar-refractivity contribution in [2.24, 2.45) is 0 Å². The first kappa shape index (κ1) is 19.3. The lowest BCUT2D eigenvalue weighted by molar-refractivity contribution is -0.116. The predicted octanol–water partition coefficient (Wildman–Crippen LogP) is 6.05. The summed E-state index contributed by atoms with van der Waals surface area (Å²) in [5, 5.41) is 4.43. The minimum absolute atomic E-state index is 0.207. The summed E-state index contributed by atoms with van der Waals surface area (Å²) in [6, 6.07) is 12.6. The number of allylic oxidation sites excluding steroid dienone is 2. The minimum atomic E-state index is -0.207. The van der Waals surface area contributed by atoms with Gasteiger partial charge >= 0.3 is 0 Å². The number of rotatable bonds is 6. The van der Waals surface area contributed by atoms with Crippen LogP contribution >= 0.6 is 34.8 Å². The van der Waals surface area contributed by atoms with Crippen LogP contribution < -0.4 is 5.32 Å². The van der Waals surface area contributed by atoms with E-state index in [4.69, 9.17) is 34.8 Å². The SMILES string of the molecule is C=CCNC(=O)C=CC(=Cc1ccc(Cl)cc1Cl)c1ccc(Cl)cc1. The van der Waals surface area contributed by atoms with Crippen LogP contribution in [-0.4, -0.2) is 12.5 Å². The maximum Gasteiger partial charge on any atom is 0.244 e. The molecule has 0 saturated heterocycles. The fourth-order valence-electron chi connectivity index (χ4n) is 2.05. The van der Waals surface area contributed by atoms with Crippen molar-refractivity contribution in [2.75, 3.05) is 6.54 Å². The van der Waals surface area contributed by atoms with E-state index in [2.05, 4.69) is 11.9 Å². The van der Waals surface area contributed by atoms with E-state index in [-0.39, 0.29) is 5.91 Å². The molecule has 2 nitrogen and oxygen atoms in total. The summed E-state index contributed by atoms with van der Waals surface area (Å²) in [4.78, 5) is 11.8. The van der Waals surface area contributed by atoms with Crippen LogP contribution in [0.4, 0.5) is 0 Å². The van der Waals surface area contributed by atoms with Crippen LogP contribution in [0.2, 0.25) is 15.1 Å². The molecule has 1 N–H and O–H groups in total. The topological polar surface area (TPSA) is 29.1 Å². The van der Waals surface area contributed by atoms with Gasteiger partial charge in [-0.25, -0.2) is 0 Å². The Balaban J connectivity index is 2.39. The molecule has 0 aliphatic heterocycles. The summed E-state index contributed by atoms with van der Waals surface area (Å²) < 4.78 is 0. The number of benzene rings is 2. The van der Waals surface area contributed by atoms with E-state index < -0.39 is 0 Å². The van der Waals surface area contributed by atoms with E-state index in [1.165, 1.54) is 6.08 Å². The zero-order chi connectivity index (χ0) is 18.2. The van der Waals surface area contributed by atoms with Crippen molar-refractivity contribution in [3.8, 4) is 0 Å². The molecule has 0 aromatic heterocycles. The summed E-state index contributed by atoms with van der Waals surface area (Å²) in [5.74, 6) is -0.207. The van der Waals surface area contributed by atoms with Crippen LogP contribution in [0.15, 0.2) is 67.3 Å². The fraction of sp³-hybridized carbons (Fsp3) is 0.0500. The Hall–Kier alpha value is -2.00. The molecule has 2 rings (SSSR count). The molecule has 5 heteroatoms. The molecule has 0 unspecified atom stereocenters. The molecule has 0 atom stereocenters. The quantitative estimate of drug-likeness (QED) is 0.276. The van der Waals surface area contributed by atoms with E-state index in [1.807, 2.05) is 24.3 Å². The molecule has 0 radical (unpaired) electrons. The van der Waals surface area contributed by atoms with Gasteiger partial charge in [-0.2, -0.15) is 0 Å². The van der Waals surface area contributed by atoms with Crippen molar-refractivity contribution >= 4 is 52.4 Å². The van der Waals surface area contributed by atoms with Gasteiger partial charge in [-0.15, -0.1) is 6.58 Å². The van der Waals surface area contributed by atoms with Crippen LogP contribution in [0, 0.1) is 0 Å². The van der Waals surface area contributed by atoms with Crippen molar-refractivity contribution < 1.29 is 4.79 Å². The van der Waals surface area contributed by atoms with E-state index in [9.17, 15) is 4.79 Å². The highest BCUT2D eigenvalue weighted by Gasteiger charge is 2.04. The molecule has 0 spiro atoms. The minimum Gasteiger partial charge on any atom is -0.349 e. The highest BCUT2D eigenvalue weighted by molar-refractivity contribution is 6.35. The number of nitrogens with one attached hydrogen (secondary N) is 1. The van der Waals surface area contributed by atoms with Gasteiger partial charge in [-0.05, 0) is 53.1 Å². The second kappa shape index (κ2) is 9.47. The Morgan fingerprint density at radius 3 is 2.32 bits per heavy atom. The summed E-state index contributed by atoms with van der Waals surface area (Å²) in [6.07, 6.45) is 6.70. The second-order valence-corrected chi connectivity index (χ2v) is 6.42. The van der Waals surface area contributed by atoms with E-state index in [0.29, 0.717) is 21.6 Å². The Morgan fingerprint density at radius 2 is 1.68 bits per heavy atom. The highest BCUT2D eigenvalue weighted by Crippen LogP contribution is 2.27. The third kappa shape index (κ3) is 6.09. The first-order valence-electron chi connectivity index (χ1n) is 7.49. The number of carbonyl (C=O) groups excluding carboxylic acids is 1. The van der Waals surface area contributed by atoms with Crippen molar-refractivity contribution in [3.63, 3.8) is 0 Å². The average Bonchev–Trinajstić information content (AvgIpc) is 2.59. The van der Waals surface area contributed by atoms with Gasteiger partial charge in [0, 0.05) is 27.7 Å². The molecule has 0 fully saturated rings. The summed E-state index contributed by atoms with van der Waals surface area (Å²) >= 11 is 18.2. The van der Waals surface area contributed by atoms with Crippen molar-refractivity contribution in [2.45, 2.75) is 0 Å². The molecule has 25 heavy (non-hydrogen) atoms. The highest BCUT2D eigenvalue weighted by atomic mass is 35.5. The van der Waals surface area contributed by atoms with Gasteiger partial charge in [0.25, 0.3) is 0 Å². The number of hydrogen-bond donors (Lipinski definition) is 1. The molecule has 128 valence electrons. The Morgan fingerprint density at radius 1 is 1.00 bits per heavy atom. The molecule has 2 aromatic rings. The van der Waals surface area contributed by atoms with E-state index >= 15 is 0 Å². The first-order chi connectivity index (χ1) is 12.0. The van der Waals surface area contributed by atoms with Gasteiger partial charge in [-0.1, -0.05) is 59.1 Å². The molecule has 0 aliphatic carbocycles. The lowest BCUT2D eigenvalue weighted by Crippen LogP contribution is -2.20. The van der Waals surface area contributed by atoms with Crippen LogP contribution in [0.3, 0.4) is 0 Å². The van der Waals surface area contributed by atoms with Crippen molar-refractivity contribution in [3.05, 3.63) is 93.5 Å². The molecule has 1 amide bonds. The van der Waals surface area contributed by atoms with Gasteiger partial charge < -0.3 is 5.32 Å². The Bertz CT molecular complexity index is 823. The van der Waals surface area contributed by atoms with Crippen molar-refractivity contribution in [1.82, 2.24) is 5.32 Å². The number of hydrogen-bond acceptors (Lipinski definition) is 1. The Kier molecular flexibility index (Phi) is 7.32. The summed E-state index contributed by atoms with van der Waals surface area (Å²) in [6.45, 7) is 3.98. The van der Waals surface area contributed by atoms with Crippen molar-refractivity contribution in [1.29, 1.82) is 0 Å². The van der Waals surface area contributed by atoms with Gasteiger partial charge in [0.05, 0.1) is 0 Å². The first-order valence-corrected chi connectivity index (χ1v) is 8.62. The lowest BCUT2D eigenvalue weighted by atomic mass is 10.0. The molecule has 0 heterocycles. The molecular formula is C20H16Cl3NO. The van der Waals surface area contributed by atoms with Gasteiger partial charge in [0.15, 0.2) is 0 Å². The standard InChI is InChI=1S/C20H16Cl3NO/c1-2-11-24-20(25)10-6-15(14-3-7-17(21)8-4-14)12-16-5-9-18(22)13-19(16)23/h2-10,12-13H,1,11H2,(H,24,25). The molecular weight excluding hydrogens is 377 g/mol. The maximum absolute atomic E-state index is 11.8. The van der Waals surface area contributed by atoms with Gasteiger partial charge in [-0.3, -0.25) is 4.79 Å². The molecule has 2 aromatic carbocycles. The lowest BCUT2D eigenvalue weighted by Gasteiger charge is -2.06. The fourth-order valence-corrected chi connectivity index (χ4v) is 2.64. The summed E-state index contributed by atoms with van der Waals surface area (Å²) in [5.41, 5.74) is 2.52. The smallest absolute Gasteiger partial charge is 0.244 e. The number of amides is 1. The molecule has 0 aliphatic rings. The van der Waals surface area contributed by atoms with Gasteiger partial charge in [0.1, 0.15) is 0 Å². The monoisotopic (exact) mass is 391 g/mol. The van der Waals surface area contributed by atoms with Crippen LogP contribution in [0.1, 0.15) is 11.1 Å². The third-order valence-corrected chi connectivity index (χ3v) is 4.10. The maximum atomic E-state index is 11.8. The third-order valence-electron chi connectivity index (χ3n) is 3.29. The average molecular weight is 393 g/mol. The number of carbonyl (C=O) groups is 1. The molecule has 0 saturated carbocycles. The van der Waals surface area contributed by atoms with Crippen LogP contribution in [0.25, 0.3) is 11.6 Å². The normalized spacial score (nSPS) is 11.6. The summed E-state index contributed by atoms with van der Waals surface area (Å²) in [7, 11) is 0.